The minimum absolute atomic E-state index is 0.0758. The highest BCUT2D eigenvalue weighted by atomic mass is 32.1. The molecule has 1 amide bonds. The van der Waals surface area contributed by atoms with Gasteiger partial charge in [-0.05, 0) is 18.1 Å². The Morgan fingerprint density at radius 2 is 1.81 bits per heavy atom. The summed E-state index contributed by atoms with van der Waals surface area (Å²) in [6.07, 6.45) is 0.613. The molecule has 0 aromatic heterocycles. The molecule has 2 aromatic carbocycles. The van der Waals surface area contributed by atoms with Crippen molar-refractivity contribution in [2.24, 2.45) is 0 Å². The minimum atomic E-state index is -0.359. The molecule has 0 bridgehead atoms. The van der Waals surface area contributed by atoms with Gasteiger partial charge in [0.1, 0.15) is 5.75 Å². The predicted molar refractivity (Wildman–Crippen MR) is 87.8 cm³/mol. The summed E-state index contributed by atoms with van der Waals surface area (Å²) in [4.78, 5) is 12.1. The summed E-state index contributed by atoms with van der Waals surface area (Å²) in [6.45, 7) is 0.439. The predicted octanol–water partition coefficient (Wildman–Crippen LogP) is 2.85. The van der Waals surface area contributed by atoms with Gasteiger partial charge in [-0.1, -0.05) is 48.5 Å². The number of ether oxygens (including phenoxy) is 1. The van der Waals surface area contributed by atoms with Crippen LogP contribution in [-0.4, -0.2) is 18.3 Å². The zero-order valence-electron chi connectivity index (χ0n) is 12.0. The van der Waals surface area contributed by atoms with E-state index in [1.807, 2.05) is 54.6 Å². The summed E-state index contributed by atoms with van der Waals surface area (Å²) in [5, 5.41) is 2.54. The van der Waals surface area contributed by atoms with Crippen molar-refractivity contribution < 1.29 is 9.53 Å². The van der Waals surface area contributed by atoms with Crippen molar-refractivity contribution in [3.63, 3.8) is 0 Å². The van der Waals surface area contributed by atoms with Gasteiger partial charge < -0.3 is 10.1 Å². The summed E-state index contributed by atoms with van der Waals surface area (Å²) in [6, 6.07) is 17.5. The molecule has 3 nitrogen and oxygen atoms in total. The van der Waals surface area contributed by atoms with Crippen molar-refractivity contribution in [3.05, 3.63) is 65.7 Å². The Balaban J connectivity index is 1.89. The molecule has 0 spiro atoms. The van der Waals surface area contributed by atoms with E-state index in [9.17, 15) is 4.79 Å². The minimum Gasteiger partial charge on any atom is -0.496 e. The van der Waals surface area contributed by atoms with Gasteiger partial charge in [0.2, 0.25) is 5.91 Å². The number of amides is 1. The second-order valence-electron chi connectivity index (χ2n) is 4.74. The Hall–Kier alpha value is -1.94. The van der Waals surface area contributed by atoms with Crippen LogP contribution in [0.3, 0.4) is 0 Å². The van der Waals surface area contributed by atoms with Gasteiger partial charge in [0, 0.05) is 12.1 Å². The van der Waals surface area contributed by atoms with E-state index in [0.29, 0.717) is 13.0 Å². The SMILES string of the molecule is COc1ccccc1CNC(=O)C(S)Cc1ccccc1. The Kier molecular flexibility index (Phi) is 5.69. The van der Waals surface area contributed by atoms with Gasteiger partial charge in [-0.25, -0.2) is 0 Å². The molecule has 4 heteroatoms. The molecule has 0 aliphatic rings. The number of hydrogen-bond donors (Lipinski definition) is 2. The average Bonchev–Trinajstić information content (AvgIpc) is 2.53. The number of carbonyl (C=O) groups excluding carboxylic acids is 1. The highest BCUT2D eigenvalue weighted by Crippen LogP contribution is 2.17. The first-order valence-electron chi connectivity index (χ1n) is 6.82. The maximum Gasteiger partial charge on any atom is 0.233 e. The highest BCUT2D eigenvalue weighted by Gasteiger charge is 2.14. The molecule has 110 valence electrons. The molecule has 0 radical (unpaired) electrons. The molecule has 0 saturated heterocycles. The van der Waals surface area contributed by atoms with Crippen LogP contribution in [0.5, 0.6) is 5.75 Å². The fourth-order valence-corrected chi connectivity index (χ4v) is 2.38. The zero-order chi connectivity index (χ0) is 15.1. The van der Waals surface area contributed by atoms with E-state index in [1.165, 1.54) is 0 Å². The monoisotopic (exact) mass is 301 g/mol. The Morgan fingerprint density at radius 1 is 1.14 bits per heavy atom. The van der Waals surface area contributed by atoms with E-state index >= 15 is 0 Å². The number of nitrogens with one attached hydrogen (secondary N) is 1. The van der Waals surface area contributed by atoms with E-state index in [0.717, 1.165) is 16.9 Å². The molecule has 0 fully saturated rings. The van der Waals surface area contributed by atoms with Crippen molar-refractivity contribution in [2.75, 3.05) is 7.11 Å². The first-order valence-corrected chi connectivity index (χ1v) is 7.34. The van der Waals surface area contributed by atoms with Crippen molar-refractivity contribution >= 4 is 18.5 Å². The number of thiol groups is 1. The number of para-hydroxylation sites is 1. The zero-order valence-corrected chi connectivity index (χ0v) is 12.8. The molecule has 0 aliphatic carbocycles. The van der Waals surface area contributed by atoms with Crippen LogP contribution in [-0.2, 0) is 17.8 Å². The second-order valence-corrected chi connectivity index (χ2v) is 5.36. The van der Waals surface area contributed by atoms with Crippen LogP contribution in [0.4, 0.5) is 0 Å². The average molecular weight is 301 g/mol. The number of rotatable bonds is 6. The molecular weight excluding hydrogens is 282 g/mol. The number of hydrogen-bond acceptors (Lipinski definition) is 3. The third-order valence-corrected chi connectivity index (χ3v) is 3.64. The lowest BCUT2D eigenvalue weighted by Crippen LogP contribution is -2.32. The van der Waals surface area contributed by atoms with Crippen molar-refractivity contribution in [1.82, 2.24) is 5.32 Å². The lowest BCUT2D eigenvalue weighted by molar-refractivity contribution is -0.120. The fraction of sp³-hybridized carbons (Fsp3) is 0.235. The van der Waals surface area contributed by atoms with E-state index in [-0.39, 0.29) is 11.2 Å². The Morgan fingerprint density at radius 3 is 2.52 bits per heavy atom. The van der Waals surface area contributed by atoms with Gasteiger partial charge in [-0.3, -0.25) is 4.79 Å². The third-order valence-electron chi connectivity index (χ3n) is 3.22. The van der Waals surface area contributed by atoms with Crippen LogP contribution in [0.1, 0.15) is 11.1 Å². The van der Waals surface area contributed by atoms with Crippen LogP contribution in [0.25, 0.3) is 0 Å². The van der Waals surface area contributed by atoms with Gasteiger partial charge in [0.05, 0.1) is 12.4 Å². The lowest BCUT2D eigenvalue weighted by Gasteiger charge is -2.13. The van der Waals surface area contributed by atoms with Gasteiger partial charge >= 0.3 is 0 Å². The van der Waals surface area contributed by atoms with Crippen LogP contribution in [0.15, 0.2) is 54.6 Å². The normalized spacial score (nSPS) is 11.7. The molecule has 1 atom stereocenters. The molecule has 1 N–H and O–H groups in total. The summed E-state index contributed by atoms with van der Waals surface area (Å²) >= 11 is 4.39. The first-order chi connectivity index (χ1) is 10.2. The van der Waals surface area contributed by atoms with E-state index in [1.54, 1.807) is 7.11 Å². The molecule has 0 saturated carbocycles. The van der Waals surface area contributed by atoms with Crippen molar-refractivity contribution in [1.29, 1.82) is 0 Å². The third kappa shape index (κ3) is 4.53. The standard InChI is InChI=1S/C17H19NO2S/c1-20-15-10-6-5-9-14(15)12-18-17(19)16(21)11-13-7-3-2-4-8-13/h2-10,16,21H,11-12H2,1H3,(H,18,19). The molecule has 1 unspecified atom stereocenters. The number of methoxy groups -OCH3 is 1. The summed E-state index contributed by atoms with van der Waals surface area (Å²) in [5.41, 5.74) is 2.05. The van der Waals surface area contributed by atoms with Gasteiger partial charge in [0.25, 0.3) is 0 Å². The molecule has 0 heterocycles. The molecule has 2 aromatic rings. The Labute approximate surface area is 130 Å². The van der Waals surface area contributed by atoms with Crippen LogP contribution >= 0.6 is 12.6 Å². The first kappa shape index (κ1) is 15.4. The molecular formula is C17H19NO2S. The van der Waals surface area contributed by atoms with Crippen LogP contribution in [0.2, 0.25) is 0 Å². The number of benzene rings is 2. The molecule has 2 rings (SSSR count). The smallest absolute Gasteiger partial charge is 0.233 e. The van der Waals surface area contributed by atoms with E-state index < -0.39 is 0 Å². The van der Waals surface area contributed by atoms with Crippen molar-refractivity contribution in [3.8, 4) is 5.75 Å². The highest BCUT2D eigenvalue weighted by molar-refractivity contribution is 7.81. The van der Waals surface area contributed by atoms with E-state index in [2.05, 4.69) is 17.9 Å². The lowest BCUT2D eigenvalue weighted by atomic mass is 10.1. The number of carbonyl (C=O) groups is 1. The topological polar surface area (TPSA) is 38.3 Å². The largest absolute Gasteiger partial charge is 0.496 e. The summed E-state index contributed by atoms with van der Waals surface area (Å²) in [5.74, 6) is 0.699. The summed E-state index contributed by atoms with van der Waals surface area (Å²) in [7, 11) is 1.62. The maximum atomic E-state index is 12.1. The Bertz CT molecular complexity index is 586. The van der Waals surface area contributed by atoms with Crippen molar-refractivity contribution in [2.45, 2.75) is 18.2 Å². The van der Waals surface area contributed by atoms with Crippen LogP contribution < -0.4 is 10.1 Å². The van der Waals surface area contributed by atoms with Gasteiger partial charge in [-0.2, -0.15) is 12.6 Å². The molecule has 21 heavy (non-hydrogen) atoms. The van der Waals surface area contributed by atoms with Crippen LogP contribution in [0, 0.1) is 0 Å². The fourth-order valence-electron chi connectivity index (χ4n) is 2.08. The van der Waals surface area contributed by atoms with E-state index in [4.69, 9.17) is 4.74 Å². The second kappa shape index (κ2) is 7.74. The quantitative estimate of drug-likeness (QED) is 0.805. The summed E-state index contributed by atoms with van der Waals surface area (Å²) < 4.78 is 5.26. The maximum absolute atomic E-state index is 12.1. The van der Waals surface area contributed by atoms with Gasteiger partial charge in [-0.15, -0.1) is 0 Å². The molecule has 0 aliphatic heterocycles. The van der Waals surface area contributed by atoms with Gasteiger partial charge in [0.15, 0.2) is 0 Å².